The monoisotopic (exact) mass is 286 g/mol. The highest BCUT2D eigenvalue weighted by Crippen LogP contribution is 2.26. The van der Waals surface area contributed by atoms with Gasteiger partial charge in [-0.15, -0.1) is 0 Å². The summed E-state index contributed by atoms with van der Waals surface area (Å²) in [6.45, 7) is 6.01. The molecule has 0 amide bonds. The molecule has 0 bridgehead atoms. The second-order valence-electron chi connectivity index (χ2n) is 5.05. The third-order valence-corrected chi connectivity index (χ3v) is 2.95. The van der Waals surface area contributed by atoms with Gasteiger partial charge in [0.15, 0.2) is 5.75 Å². The van der Waals surface area contributed by atoms with Gasteiger partial charge in [-0.25, -0.2) is 4.79 Å². The Labute approximate surface area is 123 Å². The number of nitrogens with zero attached hydrogens (tertiary/aromatic N) is 2. The summed E-state index contributed by atoms with van der Waals surface area (Å²) in [5, 5.41) is 12.8. The zero-order valence-electron chi connectivity index (χ0n) is 12.3. The largest absolute Gasteiger partial charge is 0.478 e. The number of ether oxygens (including phenoxy) is 1. The molecule has 0 saturated heterocycles. The molecular weight excluding hydrogens is 268 g/mol. The van der Waals surface area contributed by atoms with Gasteiger partial charge in [0.2, 0.25) is 0 Å². The molecule has 110 valence electrons. The van der Waals surface area contributed by atoms with E-state index in [4.69, 9.17) is 9.84 Å². The molecule has 1 aromatic heterocycles. The van der Waals surface area contributed by atoms with Gasteiger partial charge in [-0.1, -0.05) is 6.07 Å². The van der Waals surface area contributed by atoms with E-state index in [2.05, 4.69) is 5.10 Å². The average molecular weight is 286 g/mol. The van der Waals surface area contributed by atoms with E-state index in [1.165, 1.54) is 0 Å². The summed E-state index contributed by atoms with van der Waals surface area (Å²) < 4.78 is 7.62. The van der Waals surface area contributed by atoms with Crippen LogP contribution in [0, 0.1) is 6.92 Å². The molecule has 2 aromatic rings. The van der Waals surface area contributed by atoms with Gasteiger partial charge in [0.05, 0.1) is 12.4 Å². The molecule has 1 aromatic carbocycles. The summed E-state index contributed by atoms with van der Waals surface area (Å²) in [6.07, 6.45) is 6.19. The Balaban J connectivity index is 2.15. The minimum Gasteiger partial charge on any atom is -0.478 e. The molecule has 0 radical (unpaired) electrons. The molecule has 0 saturated carbocycles. The van der Waals surface area contributed by atoms with E-state index in [0.717, 1.165) is 23.0 Å². The normalized spacial score (nSPS) is 11.2. The minimum absolute atomic E-state index is 0.284. The van der Waals surface area contributed by atoms with Crippen LogP contribution in [0.25, 0.3) is 6.08 Å². The van der Waals surface area contributed by atoms with Crippen molar-refractivity contribution in [3.05, 3.63) is 47.8 Å². The van der Waals surface area contributed by atoms with E-state index < -0.39 is 5.97 Å². The van der Waals surface area contributed by atoms with Crippen molar-refractivity contribution in [3.63, 3.8) is 0 Å². The number of carbonyl (C=O) groups is 1. The van der Waals surface area contributed by atoms with Gasteiger partial charge in [0, 0.05) is 12.1 Å². The first-order valence-corrected chi connectivity index (χ1v) is 6.69. The van der Waals surface area contributed by atoms with Crippen LogP contribution in [0.1, 0.15) is 31.0 Å². The van der Waals surface area contributed by atoms with Crippen LogP contribution in [0.5, 0.6) is 11.5 Å². The molecule has 0 spiro atoms. The van der Waals surface area contributed by atoms with Crippen molar-refractivity contribution in [1.82, 2.24) is 9.78 Å². The van der Waals surface area contributed by atoms with E-state index >= 15 is 0 Å². The van der Waals surface area contributed by atoms with Crippen LogP contribution < -0.4 is 4.74 Å². The molecule has 0 unspecified atom stereocenters. The van der Waals surface area contributed by atoms with Crippen molar-refractivity contribution in [1.29, 1.82) is 0 Å². The molecule has 0 aliphatic carbocycles. The molecule has 1 heterocycles. The van der Waals surface area contributed by atoms with Crippen molar-refractivity contribution in [2.24, 2.45) is 0 Å². The lowest BCUT2D eigenvalue weighted by atomic mass is 10.1. The van der Waals surface area contributed by atoms with Gasteiger partial charge in [-0.3, -0.25) is 4.68 Å². The maximum Gasteiger partial charge on any atom is 0.328 e. The number of aromatic nitrogens is 2. The third kappa shape index (κ3) is 3.95. The van der Waals surface area contributed by atoms with Gasteiger partial charge in [0.25, 0.3) is 0 Å². The predicted molar refractivity (Wildman–Crippen MR) is 80.5 cm³/mol. The van der Waals surface area contributed by atoms with Crippen LogP contribution in [0.4, 0.5) is 0 Å². The quantitative estimate of drug-likeness (QED) is 0.852. The van der Waals surface area contributed by atoms with Crippen molar-refractivity contribution in [2.75, 3.05) is 0 Å². The summed E-state index contributed by atoms with van der Waals surface area (Å²) in [5.74, 6) is 0.445. The molecule has 0 atom stereocenters. The van der Waals surface area contributed by atoms with E-state index in [0.29, 0.717) is 5.75 Å². The lowest BCUT2D eigenvalue weighted by Gasteiger charge is -2.07. The molecule has 5 heteroatoms. The predicted octanol–water partition coefficient (Wildman–Crippen LogP) is 3.66. The van der Waals surface area contributed by atoms with Crippen LogP contribution in [-0.2, 0) is 4.79 Å². The van der Waals surface area contributed by atoms with Gasteiger partial charge >= 0.3 is 5.97 Å². The van der Waals surface area contributed by atoms with E-state index in [-0.39, 0.29) is 6.04 Å². The van der Waals surface area contributed by atoms with Crippen molar-refractivity contribution in [3.8, 4) is 11.5 Å². The maximum atomic E-state index is 10.5. The third-order valence-electron chi connectivity index (χ3n) is 2.95. The Bertz CT molecular complexity index is 672. The molecule has 0 fully saturated rings. The number of hydrogen-bond acceptors (Lipinski definition) is 3. The SMILES string of the molecule is Cc1cc(/C=C/C(=O)O)ccc1Oc1cnn(C(C)C)c1. The first-order valence-electron chi connectivity index (χ1n) is 6.69. The van der Waals surface area contributed by atoms with Crippen LogP contribution in [-0.4, -0.2) is 20.9 Å². The van der Waals surface area contributed by atoms with Crippen LogP contribution in [0.2, 0.25) is 0 Å². The highest BCUT2D eigenvalue weighted by atomic mass is 16.5. The van der Waals surface area contributed by atoms with Crippen molar-refractivity contribution >= 4 is 12.0 Å². The Morgan fingerprint density at radius 2 is 2.19 bits per heavy atom. The molecule has 5 nitrogen and oxygen atoms in total. The molecular formula is C16H18N2O3. The Hall–Kier alpha value is -2.56. The molecule has 2 rings (SSSR count). The second kappa shape index (κ2) is 6.26. The molecule has 0 aliphatic heterocycles. The van der Waals surface area contributed by atoms with E-state index in [1.807, 2.05) is 49.8 Å². The number of rotatable bonds is 5. The maximum absolute atomic E-state index is 10.5. The van der Waals surface area contributed by atoms with E-state index in [9.17, 15) is 4.79 Å². The summed E-state index contributed by atoms with van der Waals surface area (Å²) in [5.41, 5.74) is 1.75. The minimum atomic E-state index is -0.964. The van der Waals surface area contributed by atoms with Crippen LogP contribution in [0.3, 0.4) is 0 Å². The topological polar surface area (TPSA) is 64.3 Å². The zero-order valence-corrected chi connectivity index (χ0v) is 12.3. The first-order chi connectivity index (χ1) is 9.95. The summed E-state index contributed by atoms with van der Waals surface area (Å²) in [4.78, 5) is 10.5. The fourth-order valence-corrected chi connectivity index (χ4v) is 1.84. The molecule has 21 heavy (non-hydrogen) atoms. The Morgan fingerprint density at radius 3 is 2.76 bits per heavy atom. The van der Waals surface area contributed by atoms with Gasteiger partial charge in [0.1, 0.15) is 5.75 Å². The number of carboxylic acids is 1. The highest BCUT2D eigenvalue weighted by molar-refractivity contribution is 5.85. The fraction of sp³-hybridized carbons (Fsp3) is 0.250. The zero-order chi connectivity index (χ0) is 15.4. The number of hydrogen-bond donors (Lipinski definition) is 1. The Kier molecular flexibility index (Phi) is 4.42. The van der Waals surface area contributed by atoms with Crippen LogP contribution >= 0.6 is 0 Å². The summed E-state index contributed by atoms with van der Waals surface area (Å²) >= 11 is 0. The second-order valence-corrected chi connectivity index (χ2v) is 5.05. The highest BCUT2D eigenvalue weighted by Gasteiger charge is 2.06. The molecule has 0 aliphatic rings. The molecule has 1 N–H and O–H groups in total. The average Bonchev–Trinajstić information content (AvgIpc) is 2.88. The smallest absolute Gasteiger partial charge is 0.328 e. The standard InChI is InChI=1S/C16H18N2O3/c1-11(2)18-10-14(9-17-18)21-15-6-4-13(8-12(15)3)5-7-16(19)20/h4-11H,1-3H3,(H,19,20)/b7-5+. The lowest BCUT2D eigenvalue weighted by molar-refractivity contribution is -0.131. The number of aliphatic carboxylic acids is 1. The summed E-state index contributed by atoms with van der Waals surface area (Å²) in [6, 6.07) is 5.80. The van der Waals surface area contributed by atoms with Gasteiger partial charge in [-0.2, -0.15) is 5.10 Å². The Morgan fingerprint density at radius 1 is 1.43 bits per heavy atom. The van der Waals surface area contributed by atoms with E-state index in [1.54, 1.807) is 12.3 Å². The number of benzene rings is 1. The summed E-state index contributed by atoms with van der Waals surface area (Å²) in [7, 11) is 0. The van der Waals surface area contributed by atoms with Crippen LogP contribution in [0.15, 0.2) is 36.7 Å². The first kappa shape index (κ1) is 14.8. The van der Waals surface area contributed by atoms with Gasteiger partial charge < -0.3 is 9.84 Å². The fourth-order valence-electron chi connectivity index (χ4n) is 1.84. The van der Waals surface area contributed by atoms with Crippen molar-refractivity contribution in [2.45, 2.75) is 26.8 Å². The van der Waals surface area contributed by atoms with Gasteiger partial charge in [-0.05, 0) is 50.1 Å². The number of aryl methyl sites for hydroxylation is 1. The number of carboxylic acid groups (broad SMARTS) is 1. The lowest BCUT2D eigenvalue weighted by Crippen LogP contribution is -1.99. The van der Waals surface area contributed by atoms with Crippen molar-refractivity contribution < 1.29 is 14.6 Å².